The molecule has 0 aromatic carbocycles. The number of furan rings is 1. The normalized spacial score (nSPS) is 18.5. The molecule has 1 aromatic rings. The van der Waals surface area contributed by atoms with Crippen LogP contribution in [0.5, 0.6) is 0 Å². The Morgan fingerprint density at radius 1 is 1.27 bits per heavy atom. The smallest absolute Gasteiger partial charge is 0.289 e. The van der Waals surface area contributed by atoms with Gasteiger partial charge in [0.25, 0.3) is 5.91 Å². The average molecular weight is 327 g/mol. The van der Waals surface area contributed by atoms with Crippen molar-refractivity contribution in [2.24, 2.45) is 0 Å². The van der Waals surface area contributed by atoms with Crippen molar-refractivity contribution >= 4 is 24.1 Å². The molecule has 0 radical (unpaired) electrons. The van der Waals surface area contributed by atoms with Gasteiger partial charge >= 0.3 is 0 Å². The third-order valence-corrected chi connectivity index (χ3v) is 4.68. The Bertz CT molecular complexity index is 576. The lowest BCUT2D eigenvalue weighted by Gasteiger charge is -2.31. The molecule has 1 aliphatic carbocycles. The lowest BCUT2D eigenvalue weighted by Crippen LogP contribution is -2.44. The predicted octanol–water partition coefficient (Wildman–Crippen LogP) is 2.35. The molecule has 5 nitrogen and oxygen atoms in total. The lowest BCUT2D eigenvalue weighted by atomic mass is 9.94. The van der Waals surface area contributed by atoms with E-state index >= 15 is 0 Å². The molecule has 0 atom stereocenters. The van der Waals surface area contributed by atoms with E-state index in [-0.39, 0.29) is 30.1 Å². The zero-order chi connectivity index (χ0) is 15.0. The molecule has 22 heavy (non-hydrogen) atoms. The molecule has 1 amide bonds. The topological polar surface area (TPSA) is 62.6 Å². The maximum absolute atomic E-state index is 12.7. The molecule has 1 aliphatic heterocycles. The van der Waals surface area contributed by atoms with Gasteiger partial charge in [0.1, 0.15) is 5.76 Å². The van der Waals surface area contributed by atoms with Crippen LogP contribution in [0.4, 0.5) is 0 Å². The van der Waals surface area contributed by atoms with Crippen LogP contribution < -0.4 is 5.32 Å². The summed E-state index contributed by atoms with van der Waals surface area (Å²) in [6.45, 7) is 3.71. The van der Waals surface area contributed by atoms with Crippen LogP contribution in [0.25, 0.3) is 0 Å². The second-order valence-corrected chi connectivity index (χ2v) is 6.03. The van der Waals surface area contributed by atoms with Crippen LogP contribution in [0.1, 0.15) is 57.9 Å². The minimum absolute atomic E-state index is 0. The summed E-state index contributed by atoms with van der Waals surface area (Å²) in [5, 5.41) is 3.30. The first-order valence-corrected chi connectivity index (χ1v) is 7.73. The Morgan fingerprint density at radius 2 is 1.95 bits per heavy atom. The number of nitrogens with one attached hydrogen (secondary N) is 1. The van der Waals surface area contributed by atoms with E-state index < -0.39 is 0 Å². The number of halogens is 1. The summed E-state index contributed by atoms with van der Waals surface area (Å²) in [6, 6.07) is 0.246. The highest BCUT2D eigenvalue weighted by Crippen LogP contribution is 2.30. The van der Waals surface area contributed by atoms with E-state index in [2.05, 4.69) is 5.32 Å². The fraction of sp³-hybridized carbons (Fsp3) is 0.625. The van der Waals surface area contributed by atoms with Crippen molar-refractivity contribution in [1.29, 1.82) is 0 Å². The van der Waals surface area contributed by atoms with Crippen molar-refractivity contribution < 1.29 is 14.0 Å². The van der Waals surface area contributed by atoms with Gasteiger partial charge in [-0.05, 0) is 39.3 Å². The summed E-state index contributed by atoms with van der Waals surface area (Å²) in [5.74, 6) is 1.07. The van der Waals surface area contributed by atoms with Crippen LogP contribution in [0.3, 0.4) is 0 Å². The summed E-state index contributed by atoms with van der Waals surface area (Å²) in [4.78, 5) is 26.5. The number of carbonyl (C=O) groups is 2. The Morgan fingerprint density at radius 3 is 2.59 bits per heavy atom. The highest BCUT2D eigenvalue weighted by Gasteiger charge is 2.32. The van der Waals surface area contributed by atoms with Crippen molar-refractivity contribution in [1.82, 2.24) is 10.2 Å². The number of nitrogens with zero attached hydrogens (tertiary/aromatic N) is 1. The largest absolute Gasteiger partial charge is 0.455 e. The lowest BCUT2D eigenvalue weighted by molar-refractivity contribution is 0.0667. The van der Waals surface area contributed by atoms with Gasteiger partial charge in [-0.15, -0.1) is 12.4 Å². The first-order chi connectivity index (χ1) is 10.1. The summed E-state index contributed by atoms with van der Waals surface area (Å²) in [6.07, 6.45) is 4.05. The molecule has 2 aliphatic rings. The second-order valence-electron chi connectivity index (χ2n) is 6.03. The molecule has 0 saturated carbocycles. The number of carbonyl (C=O) groups excluding carboxylic acids is 2. The van der Waals surface area contributed by atoms with Gasteiger partial charge in [0.2, 0.25) is 0 Å². The van der Waals surface area contributed by atoms with Crippen LogP contribution >= 0.6 is 12.4 Å². The Balaban J connectivity index is 0.00000176. The van der Waals surface area contributed by atoms with Crippen LogP contribution in [0.2, 0.25) is 0 Å². The molecule has 3 rings (SSSR count). The number of hydrogen-bond acceptors (Lipinski definition) is 4. The molecular weight excluding hydrogens is 304 g/mol. The number of rotatable bonds is 2. The summed E-state index contributed by atoms with van der Waals surface area (Å²) in [7, 11) is 1.83. The zero-order valence-electron chi connectivity index (χ0n) is 13.1. The molecule has 122 valence electrons. The van der Waals surface area contributed by atoms with Crippen molar-refractivity contribution in [2.75, 3.05) is 20.1 Å². The van der Waals surface area contributed by atoms with Gasteiger partial charge in [-0.25, -0.2) is 0 Å². The van der Waals surface area contributed by atoms with Gasteiger partial charge in [0.05, 0.1) is 5.56 Å². The molecule has 0 bridgehead atoms. The number of piperidine rings is 1. The molecule has 1 N–H and O–H groups in total. The SMILES string of the molecule is Cc1c(C(=O)N(C)C2CCNCC2)oc2c1C(=O)CCC2.Cl. The van der Waals surface area contributed by atoms with Gasteiger partial charge in [0.15, 0.2) is 11.5 Å². The van der Waals surface area contributed by atoms with Crippen LogP contribution in [0.15, 0.2) is 4.42 Å². The Hall–Kier alpha value is -1.33. The first kappa shape index (κ1) is 17.0. The monoisotopic (exact) mass is 326 g/mol. The van der Waals surface area contributed by atoms with Gasteiger partial charge in [0, 0.05) is 31.5 Å². The van der Waals surface area contributed by atoms with Gasteiger partial charge in [-0.3, -0.25) is 9.59 Å². The summed E-state index contributed by atoms with van der Waals surface area (Å²) >= 11 is 0. The summed E-state index contributed by atoms with van der Waals surface area (Å²) < 4.78 is 5.75. The van der Waals surface area contributed by atoms with E-state index in [0.717, 1.165) is 44.3 Å². The predicted molar refractivity (Wildman–Crippen MR) is 85.9 cm³/mol. The zero-order valence-corrected chi connectivity index (χ0v) is 13.9. The molecule has 0 spiro atoms. The Kier molecular flexibility index (Phi) is 5.29. The number of fused-ring (bicyclic) bond motifs is 1. The third kappa shape index (κ3) is 2.92. The number of ketones is 1. The molecule has 0 unspecified atom stereocenters. The second kappa shape index (κ2) is 6.84. The standard InChI is InChI=1S/C16H22N2O3.ClH/c1-10-14-12(19)4-3-5-13(14)21-15(10)16(20)18(2)11-6-8-17-9-7-11;/h11,17H,3-9H2,1-2H3;1H. The van der Waals surface area contributed by atoms with Crippen LogP contribution in [0, 0.1) is 6.92 Å². The van der Waals surface area contributed by atoms with E-state index in [0.29, 0.717) is 23.5 Å². The molecule has 6 heteroatoms. The van der Waals surface area contributed by atoms with Crippen molar-refractivity contribution in [2.45, 2.75) is 45.1 Å². The number of Topliss-reactive ketones (excluding diaryl/α,β-unsaturated/α-hetero) is 1. The van der Waals surface area contributed by atoms with Crippen LogP contribution in [-0.4, -0.2) is 42.8 Å². The molecule has 2 heterocycles. The van der Waals surface area contributed by atoms with Gasteiger partial charge in [-0.1, -0.05) is 0 Å². The van der Waals surface area contributed by atoms with Crippen molar-refractivity contribution in [3.05, 3.63) is 22.6 Å². The maximum Gasteiger partial charge on any atom is 0.289 e. The van der Waals surface area contributed by atoms with Gasteiger partial charge in [-0.2, -0.15) is 0 Å². The quantitative estimate of drug-likeness (QED) is 0.906. The third-order valence-electron chi connectivity index (χ3n) is 4.68. The van der Waals surface area contributed by atoms with E-state index in [9.17, 15) is 9.59 Å². The molecular formula is C16H23ClN2O3. The van der Waals surface area contributed by atoms with Crippen LogP contribution in [-0.2, 0) is 6.42 Å². The minimum Gasteiger partial charge on any atom is -0.455 e. The number of amides is 1. The van der Waals surface area contributed by atoms with E-state index in [1.165, 1.54) is 0 Å². The highest BCUT2D eigenvalue weighted by molar-refractivity contribution is 6.03. The van der Waals surface area contributed by atoms with Crippen molar-refractivity contribution in [3.63, 3.8) is 0 Å². The number of aryl methyl sites for hydroxylation is 1. The molecule has 1 fully saturated rings. The highest BCUT2D eigenvalue weighted by atomic mass is 35.5. The fourth-order valence-electron chi connectivity index (χ4n) is 3.37. The first-order valence-electron chi connectivity index (χ1n) is 7.73. The average Bonchev–Trinajstić information content (AvgIpc) is 2.85. The fourth-order valence-corrected chi connectivity index (χ4v) is 3.37. The maximum atomic E-state index is 12.7. The minimum atomic E-state index is -0.0957. The summed E-state index contributed by atoms with van der Waals surface area (Å²) in [5.41, 5.74) is 1.38. The van der Waals surface area contributed by atoms with E-state index in [1.807, 2.05) is 14.0 Å². The van der Waals surface area contributed by atoms with E-state index in [4.69, 9.17) is 4.42 Å². The van der Waals surface area contributed by atoms with Gasteiger partial charge < -0.3 is 14.6 Å². The number of hydrogen-bond donors (Lipinski definition) is 1. The molecule has 1 saturated heterocycles. The van der Waals surface area contributed by atoms with E-state index in [1.54, 1.807) is 4.90 Å². The Labute approximate surface area is 136 Å². The molecule has 1 aromatic heterocycles. The van der Waals surface area contributed by atoms with Crippen molar-refractivity contribution in [3.8, 4) is 0 Å².